The maximum Gasteiger partial charge on any atom is 0 e. The van der Waals surface area contributed by atoms with E-state index in [0.29, 0.717) is 6.04 Å². The number of nitrogens with one attached hydrogen (secondary N) is 1. The minimum absolute atomic E-state index is 0. The molecule has 39 valence electrons. The van der Waals surface area contributed by atoms with Crippen LogP contribution in [-0.2, 0) is 32.7 Å². The molecule has 1 unspecified atom stereocenters. The molecular formula is C5H9NY-2. The maximum atomic E-state index is 3.71. The van der Waals surface area contributed by atoms with Gasteiger partial charge < -0.3 is 18.7 Å². The van der Waals surface area contributed by atoms with E-state index in [1.807, 2.05) is 0 Å². The van der Waals surface area contributed by atoms with Crippen LogP contribution in [0.25, 0.3) is 0 Å². The molecule has 1 atom stereocenters. The van der Waals surface area contributed by atoms with E-state index in [2.05, 4.69) is 18.7 Å². The summed E-state index contributed by atoms with van der Waals surface area (Å²) in [7, 11) is 0. The summed E-state index contributed by atoms with van der Waals surface area (Å²) in [5, 5.41) is 3.18. The maximum absolute atomic E-state index is 3.71. The number of hydrogen-bond acceptors (Lipinski definition) is 1. The molecule has 0 amide bonds. The standard InChI is InChI=1S/C5H9N.Y/c1-2-5-3-4-6-5;/h3,5-6H,1-2,4H2;/q-2;. The fourth-order valence-corrected chi connectivity index (χ4v) is 0.504. The molecule has 1 saturated heterocycles. The predicted octanol–water partition coefficient (Wildman–Crippen LogP) is 0.384. The smallest absolute Gasteiger partial charge is 0 e. The van der Waals surface area contributed by atoms with Gasteiger partial charge in [0.15, 0.2) is 0 Å². The molecule has 1 nitrogen and oxygen atoms in total. The van der Waals surface area contributed by atoms with Crippen LogP contribution < -0.4 is 5.32 Å². The average Bonchev–Trinajstić information content (AvgIpc) is 1.31. The summed E-state index contributed by atoms with van der Waals surface area (Å²) < 4.78 is 0. The molecule has 0 saturated carbocycles. The van der Waals surface area contributed by atoms with Crippen molar-refractivity contribution in [2.24, 2.45) is 0 Å². The van der Waals surface area contributed by atoms with E-state index < -0.39 is 0 Å². The van der Waals surface area contributed by atoms with Crippen molar-refractivity contribution >= 4 is 0 Å². The third-order valence-electron chi connectivity index (χ3n) is 1.09. The van der Waals surface area contributed by atoms with Gasteiger partial charge in [0.05, 0.1) is 0 Å². The van der Waals surface area contributed by atoms with Crippen LogP contribution in [0.4, 0.5) is 0 Å². The van der Waals surface area contributed by atoms with E-state index in [0.717, 1.165) is 13.0 Å². The van der Waals surface area contributed by atoms with Gasteiger partial charge in [-0.1, -0.05) is 0 Å². The Hall–Kier alpha value is 1.06. The normalized spacial score (nSPS) is 27.9. The molecule has 2 heteroatoms. The summed E-state index contributed by atoms with van der Waals surface area (Å²) in [4.78, 5) is 0. The molecule has 0 aromatic carbocycles. The first-order valence-electron chi connectivity index (χ1n) is 2.29. The zero-order chi connectivity index (χ0) is 4.41. The molecular weight excluding hydrogens is 163 g/mol. The van der Waals surface area contributed by atoms with Gasteiger partial charge in [-0.2, -0.15) is 6.42 Å². The Bertz CT molecular complexity index is 40.6. The average molecular weight is 172 g/mol. The molecule has 1 fully saturated rings. The van der Waals surface area contributed by atoms with Gasteiger partial charge in [-0.05, 0) is 0 Å². The molecule has 0 spiro atoms. The second-order valence-electron chi connectivity index (χ2n) is 1.54. The predicted molar refractivity (Wildman–Crippen MR) is 26.1 cm³/mol. The van der Waals surface area contributed by atoms with Gasteiger partial charge in [0.2, 0.25) is 0 Å². The van der Waals surface area contributed by atoms with E-state index in [1.54, 1.807) is 0 Å². The van der Waals surface area contributed by atoms with Crippen LogP contribution in [0.2, 0.25) is 0 Å². The Balaban J connectivity index is 0.000000360. The fourth-order valence-electron chi connectivity index (χ4n) is 0.504. The molecule has 1 heterocycles. The molecule has 0 aliphatic carbocycles. The van der Waals surface area contributed by atoms with Crippen molar-refractivity contribution in [3.05, 3.63) is 13.3 Å². The van der Waals surface area contributed by atoms with Gasteiger partial charge >= 0.3 is 0 Å². The minimum Gasteiger partial charge on any atom is -0.375 e. The molecule has 0 bridgehead atoms. The third-order valence-corrected chi connectivity index (χ3v) is 1.09. The molecule has 1 aliphatic rings. The summed E-state index contributed by atoms with van der Waals surface area (Å²) in [5.41, 5.74) is 0. The zero-order valence-electron chi connectivity index (χ0n) is 4.35. The van der Waals surface area contributed by atoms with Crippen molar-refractivity contribution in [3.8, 4) is 0 Å². The topological polar surface area (TPSA) is 12.0 Å². The number of hydrogen-bond donors (Lipinski definition) is 1. The molecule has 0 aromatic heterocycles. The van der Waals surface area contributed by atoms with Gasteiger partial charge in [-0.25, -0.2) is 0 Å². The van der Waals surface area contributed by atoms with Gasteiger partial charge in [0.1, 0.15) is 0 Å². The summed E-state index contributed by atoms with van der Waals surface area (Å²) in [6, 6.07) is 0.630. The quantitative estimate of drug-likeness (QED) is 0.564. The second-order valence-corrected chi connectivity index (χ2v) is 1.54. The largest absolute Gasteiger partial charge is 0.375 e. The Morgan fingerprint density at radius 3 is 2.43 bits per heavy atom. The summed E-state index contributed by atoms with van der Waals surface area (Å²) in [6.07, 6.45) is 3.23. The summed E-state index contributed by atoms with van der Waals surface area (Å²) in [6.45, 7) is 4.80. The van der Waals surface area contributed by atoms with Crippen LogP contribution in [0.15, 0.2) is 0 Å². The van der Waals surface area contributed by atoms with Crippen molar-refractivity contribution in [2.45, 2.75) is 12.5 Å². The molecule has 7 heavy (non-hydrogen) atoms. The van der Waals surface area contributed by atoms with Gasteiger partial charge in [-0.3, -0.25) is 0 Å². The van der Waals surface area contributed by atoms with Gasteiger partial charge in [0, 0.05) is 32.7 Å². The fraction of sp³-hybridized carbons (Fsp3) is 0.600. The van der Waals surface area contributed by atoms with Crippen molar-refractivity contribution in [1.29, 1.82) is 0 Å². The minimum atomic E-state index is 0. The zero-order valence-corrected chi connectivity index (χ0v) is 7.19. The monoisotopic (exact) mass is 172 g/mol. The van der Waals surface area contributed by atoms with E-state index in [-0.39, 0.29) is 32.7 Å². The van der Waals surface area contributed by atoms with Crippen molar-refractivity contribution in [1.82, 2.24) is 5.32 Å². The molecule has 1 N–H and O–H groups in total. The summed E-state index contributed by atoms with van der Waals surface area (Å²) in [5.74, 6) is 0. The van der Waals surface area contributed by atoms with Crippen LogP contribution in [0, 0.1) is 13.3 Å². The van der Waals surface area contributed by atoms with E-state index in [1.165, 1.54) is 0 Å². The first-order chi connectivity index (χ1) is 2.93. The third kappa shape index (κ3) is 2.20. The van der Waals surface area contributed by atoms with Crippen LogP contribution in [0.5, 0.6) is 0 Å². The van der Waals surface area contributed by atoms with Crippen LogP contribution in [-0.4, -0.2) is 12.6 Å². The van der Waals surface area contributed by atoms with Crippen molar-refractivity contribution < 1.29 is 32.7 Å². The molecule has 1 rings (SSSR count). The van der Waals surface area contributed by atoms with E-state index in [9.17, 15) is 0 Å². The first kappa shape index (κ1) is 8.06. The molecule has 1 radical (unpaired) electrons. The van der Waals surface area contributed by atoms with Gasteiger partial charge in [0.25, 0.3) is 0 Å². The first-order valence-corrected chi connectivity index (χ1v) is 2.29. The van der Waals surface area contributed by atoms with Crippen LogP contribution >= 0.6 is 0 Å². The van der Waals surface area contributed by atoms with Crippen molar-refractivity contribution in [3.63, 3.8) is 0 Å². The van der Waals surface area contributed by atoms with E-state index >= 15 is 0 Å². The Kier molecular flexibility index (Phi) is 4.60. The van der Waals surface area contributed by atoms with Crippen molar-refractivity contribution in [2.75, 3.05) is 6.54 Å². The molecule has 1 aliphatic heterocycles. The Morgan fingerprint density at radius 2 is 2.43 bits per heavy atom. The number of rotatable bonds is 1. The van der Waals surface area contributed by atoms with E-state index in [4.69, 9.17) is 0 Å². The summed E-state index contributed by atoms with van der Waals surface area (Å²) >= 11 is 0. The second kappa shape index (κ2) is 3.99. The molecule has 0 aromatic rings. The van der Waals surface area contributed by atoms with Gasteiger partial charge in [-0.15, -0.1) is 12.6 Å². The Morgan fingerprint density at radius 1 is 1.86 bits per heavy atom. The Labute approximate surface area is 70.1 Å². The van der Waals surface area contributed by atoms with Crippen LogP contribution in [0.1, 0.15) is 6.42 Å². The van der Waals surface area contributed by atoms with Crippen LogP contribution in [0.3, 0.4) is 0 Å². The SMILES string of the molecule is [CH2-]CC1[CH-]CN1.[Y].